The number of piperidine rings is 1. The summed E-state index contributed by atoms with van der Waals surface area (Å²) in [4.78, 5) is 18.3. The fraction of sp³-hybridized carbons (Fsp3) is 0.368. The normalized spacial score (nSPS) is 17.2. The number of halogens is 3. The van der Waals surface area contributed by atoms with Crippen LogP contribution >= 0.6 is 11.6 Å². The van der Waals surface area contributed by atoms with Crippen molar-refractivity contribution in [3.8, 4) is 5.88 Å². The molecule has 0 bridgehead atoms. The molecule has 7 heteroatoms. The number of rotatable bonds is 5. The van der Waals surface area contributed by atoms with Crippen LogP contribution in [0.3, 0.4) is 0 Å². The molecule has 138 valence electrons. The van der Waals surface area contributed by atoms with Crippen LogP contribution in [0.5, 0.6) is 5.88 Å². The molecule has 0 saturated carbocycles. The van der Waals surface area contributed by atoms with Gasteiger partial charge in [-0.15, -0.1) is 0 Å². The van der Waals surface area contributed by atoms with Gasteiger partial charge in [-0.2, -0.15) is 0 Å². The monoisotopic (exact) mass is 380 g/mol. The Hall–Kier alpha value is -2.21. The number of aromatic nitrogens is 1. The first kappa shape index (κ1) is 18.6. The van der Waals surface area contributed by atoms with Gasteiger partial charge in [-0.1, -0.05) is 17.7 Å². The summed E-state index contributed by atoms with van der Waals surface area (Å²) in [7, 11) is 0. The summed E-state index contributed by atoms with van der Waals surface area (Å²) < 4.78 is 32.4. The Morgan fingerprint density at radius 3 is 2.96 bits per heavy atom. The van der Waals surface area contributed by atoms with E-state index in [-0.39, 0.29) is 23.8 Å². The van der Waals surface area contributed by atoms with Gasteiger partial charge in [0.2, 0.25) is 11.8 Å². The molecule has 0 radical (unpaired) electrons. The number of carbonyl (C=O) groups excluding carboxylic acids is 1. The van der Waals surface area contributed by atoms with Crippen LogP contribution in [0.4, 0.5) is 8.78 Å². The number of ether oxygens (including phenoxy) is 1. The third-order valence-electron chi connectivity index (χ3n) is 4.41. The summed E-state index contributed by atoms with van der Waals surface area (Å²) in [6.07, 6.45) is 3.31. The van der Waals surface area contributed by atoms with Gasteiger partial charge in [0.25, 0.3) is 0 Å². The lowest BCUT2D eigenvalue weighted by Gasteiger charge is -2.32. The smallest absolute Gasteiger partial charge is 0.232 e. The zero-order chi connectivity index (χ0) is 18.5. The molecular formula is C19H19ClF2N2O2. The van der Waals surface area contributed by atoms with Crippen LogP contribution in [0.25, 0.3) is 0 Å². The van der Waals surface area contributed by atoms with Crippen LogP contribution in [0.15, 0.2) is 36.5 Å². The number of benzene rings is 1. The summed E-state index contributed by atoms with van der Waals surface area (Å²) in [5, 5.41) is 0.447. The number of hydrogen-bond acceptors (Lipinski definition) is 3. The molecule has 1 amide bonds. The molecule has 2 aromatic rings. The highest BCUT2D eigenvalue weighted by Crippen LogP contribution is 2.23. The number of pyridine rings is 1. The molecule has 3 rings (SSSR count). The van der Waals surface area contributed by atoms with E-state index in [0.717, 1.165) is 25.0 Å². The third-order valence-corrected chi connectivity index (χ3v) is 4.70. The number of amides is 1. The number of carbonyl (C=O) groups is 1. The fourth-order valence-corrected chi connectivity index (χ4v) is 3.22. The first-order valence-electron chi connectivity index (χ1n) is 8.48. The summed E-state index contributed by atoms with van der Waals surface area (Å²) >= 11 is 6.02. The SMILES string of the molecule is O=C(Cc1ccc(F)cc1F)N1CCCC(COc2ncccc2Cl)C1. The molecule has 0 aliphatic carbocycles. The van der Waals surface area contributed by atoms with E-state index in [0.29, 0.717) is 30.6 Å². The van der Waals surface area contributed by atoms with Crippen molar-refractivity contribution in [2.24, 2.45) is 5.92 Å². The molecule has 26 heavy (non-hydrogen) atoms. The Kier molecular flexibility index (Phi) is 6.04. The molecule has 1 atom stereocenters. The highest BCUT2D eigenvalue weighted by Gasteiger charge is 2.25. The quantitative estimate of drug-likeness (QED) is 0.790. The molecule has 1 saturated heterocycles. The molecule has 1 aromatic carbocycles. The average molecular weight is 381 g/mol. The topological polar surface area (TPSA) is 42.4 Å². The molecule has 1 fully saturated rings. The van der Waals surface area contributed by atoms with Crippen LogP contribution in [-0.4, -0.2) is 35.5 Å². The molecule has 0 spiro atoms. The molecule has 1 aliphatic rings. The van der Waals surface area contributed by atoms with E-state index in [4.69, 9.17) is 16.3 Å². The highest BCUT2D eigenvalue weighted by molar-refractivity contribution is 6.31. The standard InChI is InChI=1S/C19H19ClF2N2O2/c20-16-4-1-7-23-19(16)26-12-13-3-2-8-24(11-13)18(25)9-14-5-6-15(21)10-17(14)22/h1,4-7,10,13H,2-3,8-9,11-12H2. The Balaban J connectivity index is 1.55. The van der Waals surface area contributed by atoms with E-state index >= 15 is 0 Å². The van der Waals surface area contributed by atoms with Gasteiger partial charge in [-0.3, -0.25) is 4.79 Å². The maximum atomic E-state index is 13.8. The van der Waals surface area contributed by atoms with Gasteiger partial charge in [0.15, 0.2) is 0 Å². The predicted molar refractivity (Wildman–Crippen MR) is 94.1 cm³/mol. The maximum Gasteiger partial charge on any atom is 0.232 e. The highest BCUT2D eigenvalue weighted by atomic mass is 35.5. The second-order valence-corrected chi connectivity index (χ2v) is 6.77. The predicted octanol–water partition coefficient (Wildman–Crippen LogP) is 3.87. The minimum atomic E-state index is -0.694. The second-order valence-electron chi connectivity index (χ2n) is 6.36. The van der Waals surface area contributed by atoms with Crippen LogP contribution < -0.4 is 4.74 Å². The zero-order valence-corrected chi connectivity index (χ0v) is 14.9. The summed E-state index contributed by atoms with van der Waals surface area (Å²) in [6.45, 7) is 1.57. The van der Waals surface area contributed by atoms with Crippen molar-refractivity contribution in [2.45, 2.75) is 19.3 Å². The van der Waals surface area contributed by atoms with Crippen LogP contribution in [0.1, 0.15) is 18.4 Å². The third kappa shape index (κ3) is 4.69. The molecule has 1 unspecified atom stereocenters. The Morgan fingerprint density at radius 1 is 1.35 bits per heavy atom. The number of hydrogen-bond donors (Lipinski definition) is 0. The van der Waals surface area contributed by atoms with Crippen molar-refractivity contribution in [3.05, 3.63) is 58.7 Å². The molecule has 0 N–H and O–H groups in total. The van der Waals surface area contributed by atoms with Crippen LogP contribution in [0, 0.1) is 17.6 Å². The van der Waals surface area contributed by atoms with Gasteiger partial charge in [0.1, 0.15) is 16.7 Å². The molecule has 2 heterocycles. The van der Waals surface area contributed by atoms with Gasteiger partial charge in [-0.25, -0.2) is 13.8 Å². The largest absolute Gasteiger partial charge is 0.476 e. The maximum absolute atomic E-state index is 13.8. The fourth-order valence-electron chi connectivity index (χ4n) is 3.04. The Labute approximate surface area is 155 Å². The number of likely N-dealkylation sites (tertiary alicyclic amines) is 1. The zero-order valence-electron chi connectivity index (χ0n) is 14.1. The molecule has 4 nitrogen and oxygen atoms in total. The Bertz CT molecular complexity index is 788. The van der Waals surface area contributed by atoms with Gasteiger partial charge >= 0.3 is 0 Å². The van der Waals surface area contributed by atoms with E-state index in [2.05, 4.69) is 4.98 Å². The lowest BCUT2D eigenvalue weighted by molar-refractivity contribution is -0.132. The average Bonchev–Trinajstić information content (AvgIpc) is 2.63. The van der Waals surface area contributed by atoms with Crippen molar-refractivity contribution in [1.82, 2.24) is 9.88 Å². The minimum absolute atomic E-state index is 0.0776. The van der Waals surface area contributed by atoms with Gasteiger partial charge in [0.05, 0.1) is 13.0 Å². The van der Waals surface area contributed by atoms with Crippen LogP contribution in [0.2, 0.25) is 5.02 Å². The molecular weight excluding hydrogens is 362 g/mol. The Morgan fingerprint density at radius 2 is 2.19 bits per heavy atom. The summed E-state index contributed by atoms with van der Waals surface area (Å²) in [5.41, 5.74) is 0.204. The van der Waals surface area contributed by atoms with Crippen molar-refractivity contribution in [1.29, 1.82) is 0 Å². The second kappa shape index (κ2) is 8.45. The number of nitrogens with zero attached hydrogens (tertiary/aromatic N) is 2. The lowest BCUT2D eigenvalue weighted by Crippen LogP contribution is -2.42. The van der Waals surface area contributed by atoms with E-state index in [9.17, 15) is 13.6 Å². The van der Waals surface area contributed by atoms with E-state index in [1.165, 1.54) is 6.07 Å². The van der Waals surface area contributed by atoms with Gasteiger partial charge in [-0.05, 0) is 36.6 Å². The summed E-state index contributed by atoms with van der Waals surface area (Å²) in [5.74, 6) is -0.979. The van der Waals surface area contributed by atoms with Crippen molar-refractivity contribution < 1.29 is 18.3 Å². The van der Waals surface area contributed by atoms with Crippen molar-refractivity contribution in [2.75, 3.05) is 19.7 Å². The summed E-state index contributed by atoms with van der Waals surface area (Å²) in [6, 6.07) is 6.71. The minimum Gasteiger partial charge on any atom is -0.476 e. The first-order valence-corrected chi connectivity index (χ1v) is 8.85. The molecule has 1 aliphatic heterocycles. The first-order chi connectivity index (χ1) is 12.5. The van der Waals surface area contributed by atoms with E-state index in [1.54, 1.807) is 23.2 Å². The molecule has 1 aromatic heterocycles. The van der Waals surface area contributed by atoms with Gasteiger partial charge < -0.3 is 9.64 Å². The van der Waals surface area contributed by atoms with Crippen LogP contribution in [-0.2, 0) is 11.2 Å². The van der Waals surface area contributed by atoms with Crippen molar-refractivity contribution >= 4 is 17.5 Å². The van der Waals surface area contributed by atoms with Crippen molar-refractivity contribution in [3.63, 3.8) is 0 Å². The van der Waals surface area contributed by atoms with E-state index < -0.39 is 11.6 Å². The van der Waals surface area contributed by atoms with E-state index in [1.807, 2.05) is 0 Å². The van der Waals surface area contributed by atoms with Gasteiger partial charge in [0, 0.05) is 31.3 Å². The lowest BCUT2D eigenvalue weighted by atomic mass is 9.98.